The molecule has 0 aliphatic rings. The van der Waals surface area contributed by atoms with Crippen molar-refractivity contribution in [1.29, 1.82) is 0 Å². The Balaban J connectivity index is 0. The maximum Gasteiger partial charge on any atom is 0 e. The summed E-state index contributed by atoms with van der Waals surface area (Å²) in [4.78, 5) is 0. The van der Waals surface area contributed by atoms with Gasteiger partial charge in [0.2, 0.25) is 0 Å². The maximum absolute atomic E-state index is 0. The summed E-state index contributed by atoms with van der Waals surface area (Å²) >= 11 is 0. The molecule has 0 aromatic carbocycles. The van der Waals surface area contributed by atoms with E-state index < -0.39 is 0 Å². The molecule has 0 aliphatic heterocycles. The molecule has 0 fully saturated rings. The minimum atomic E-state index is 0. The van der Waals surface area contributed by atoms with Crippen LogP contribution in [-0.4, -0.2) is 48.7 Å². The SMILES string of the molecule is O.[Bi].[Cu].[Se]. The summed E-state index contributed by atoms with van der Waals surface area (Å²) in [7, 11) is 0. The molecule has 0 heterocycles. The number of hydrogen-bond acceptors (Lipinski definition) is 0. The Bertz CT molecular complexity index is 8.00. The third kappa shape index (κ3) is 9.10. The Labute approximate surface area is 65.3 Å². The standard InChI is InChI=1S/Bi.Cu.H2O.Se/h;;1H2;. The number of rotatable bonds is 0. The molecule has 2 N–H and O–H groups in total. The third-order valence-corrected chi connectivity index (χ3v) is 0. The molecule has 0 aliphatic carbocycles. The molecular formula is H2BiCuOSe. The topological polar surface area (TPSA) is 31.5 Å². The average Bonchev–Trinajstić information content (AvgIpc) is 0. The van der Waals surface area contributed by atoms with Gasteiger partial charge in [0, 0.05) is 60.3 Å². The van der Waals surface area contributed by atoms with Crippen LogP contribution in [0.3, 0.4) is 0 Å². The fourth-order valence-corrected chi connectivity index (χ4v) is 0. The molecule has 0 rings (SSSR count). The van der Waals surface area contributed by atoms with E-state index in [0.29, 0.717) is 0 Å². The molecular weight excluding hydrogens is 367 g/mol. The molecule has 0 spiro atoms. The molecule has 0 saturated carbocycles. The van der Waals surface area contributed by atoms with Crippen molar-refractivity contribution in [1.82, 2.24) is 0 Å². The Hall–Kier alpha value is 1.88. The normalized spacial score (nSPS) is 0. The zero-order valence-corrected chi connectivity index (χ0v) is 7.79. The molecule has 0 aromatic heterocycles. The molecule has 0 atom stereocenters. The van der Waals surface area contributed by atoms with Crippen molar-refractivity contribution in [2.75, 3.05) is 0 Å². The summed E-state index contributed by atoms with van der Waals surface area (Å²) in [6.45, 7) is 0. The zero-order chi connectivity index (χ0) is 0. The minimum absolute atomic E-state index is 0. The summed E-state index contributed by atoms with van der Waals surface area (Å²) in [5.74, 6) is 0. The van der Waals surface area contributed by atoms with Crippen LogP contribution in [0.4, 0.5) is 0 Å². The van der Waals surface area contributed by atoms with Gasteiger partial charge in [-0.2, -0.15) is 0 Å². The van der Waals surface area contributed by atoms with Gasteiger partial charge in [-0.3, -0.25) is 0 Å². The fraction of sp³-hybridized carbons (Fsp3) is 0. The summed E-state index contributed by atoms with van der Waals surface area (Å²) < 4.78 is 0. The smallest absolute Gasteiger partial charge is 0 e. The van der Waals surface area contributed by atoms with E-state index in [1.807, 2.05) is 0 Å². The maximum atomic E-state index is 0. The second-order valence-electron chi connectivity index (χ2n) is 0. The van der Waals surface area contributed by atoms with Crippen LogP contribution in [0.5, 0.6) is 0 Å². The van der Waals surface area contributed by atoms with E-state index in [-0.39, 0.29) is 65.8 Å². The third-order valence-electron chi connectivity index (χ3n) is 0. The van der Waals surface area contributed by atoms with Crippen LogP contribution in [-0.2, 0) is 17.1 Å². The Kier molecular flexibility index (Phi) is 206. The molecule has 0 amide bonds. The van der Waals surface area contributed by atoms with Gasteiger partial charge in [-0.05, 0) is 0 Å². The minimum Gasteiger partial charge on any atom is -0.412 e. The van der Waals surface area contributed by atoms with Gasteiger partial charge in [0.05, 0.1) is 0 Å². The van der Waals surface area contributed by atoms with Gasteiger partial charge < -0.3 is 5.48 Å². The average molecular weight is 370 g/mol. The first-order valence-corrected chi connectivity index (χ1v) is 0. The van der Waals surface area contributed by atoms with E-state index in [1.54, 1.807) is 0 Å². The first kappa shape index (κ1) is 39.6. The van der Waals surface area contributed by atoms with Crippen LogP contribution in [0.15, 0.2) is 0 Å². The molecule has 30 valence electrons. The predicted octanol–water partition coefficient (Wildman–Crippen LogP) is -1.59. The molecule has 0 saturated heterocycles. The fourth-order valence-electron chi connectivity index (χ4n) is 0. The van der Waals surface area contributed by atoms with E-state index >= 15 is 0 Å². The van der Waals surface area contributed by atoms with E-state index in [4.69, 9.17) is 0 Å². The van der Waals surface area contributed by atoms with Crippen LogP contribution < -0.4 is 0 Å². The van der Waals surface area contributed by atoms with Gasteiger partial charge >= 0.3 is 0 Å². The van der Waals surface area contributed by atoms with Crippen molar-refractivity contribution in [3.05, 3.63) is 0 Å². The molecule has 0 unspecified atom stereocenters. The van der Waals surface area contributed by atoms with Gasteiger partial charge in [0.15, 0.2) is 0 Å². The molecule has 0 bridgehead atoms. The largest absolute Gasteiger partial charge is 0.412 e. The summed E-state index contributed by atoms with van der Waals surface area (Å²) in [5.41, 5.74) is 0. The van der Waals surface area contributed by atoms with Gasteiger partial charge in [-0.15, -0.1) is 0 Å². The van der Waals surface area contributed by atoms with Crippen LogP contribution in [0.25, 0.3) is 0 Å². The van der Waals surface area contributed by atoms with E-state index in [9.17, 15) is 0 Å². The molecule has 4 heteroatoms. The van der Waals surface area contributed by atoms with Crippen molar-refractivity contribution in [3.63, 3.8) is 0 Å². The van der Waals surface area contributed by atoms with Gasteiger partial charge in [-0.25, -0.2) is 0 Å². The second-order valence-corrected chi connectivity index (χ2v) is 0. The molecule has 4 heavy (non-hydrogen) atoms. The molecule has 1 nitrogen and oxygen atoms in total. The summed E-state index contributed by atoms with van der Waals surface area (Å²) in [6.07, 6.45) is 0. The van der Waals surface area contributed by atoms with Gasteiger partial charge in [-0.1, -0.05) is 0 Å². The van der Waals surface area contributed by atoms with E-state index in [2.05, 4.69) is 0 Å². The van der Waals surface area contributed by atoms with Crippen LogP contribution in [0, 0.1) is 0 Å². The molecule has 6 radical (unpaired) electrons. The van der Waals surface area contributed by atoms with Crippen molar-refractivity contribution in [2.45, 2.75) is 0 Å². The first-order chi connectivity index (χ1) is 0. The summed E-state index contributed by atoms with van der Waals surface area (Å²) in [6, 6.07) is 0. The Morgan fingerprint density at radius 2 is 1.00 bits per heavy atom. The van der Waals surface area contributed by atoms with Crippen molar-refractivity contribution >= 4 is 43.3 Å². The van der Waals surface area contributed by atoms with Crippen molar-refractivity contribution in [3.8, 4) is 0 Å². The Morgan fingerprint density at radius 3 is 1.00 bits per heavy atom. The van der Waals surface area contributed by atoms with Crippen molar-refractivity contribution in [2.24, 2.45) is 0 Å². The predicted molar refractivity (Wildman–Crippen MR) is 15.1 cm³/mol. The first-order valence-electron chi connectivity index (χ1n) is 0. The van der Waals surface area contributed by atoms with E-state index in [0.717, 1.165) is 0 Å². The van der Waals surface area contributed by atoms with E-state index in [1.165, 1.54) is 0 Å². The van der Waals surface area contributed by atoms with Crippen molar-refractivity contribution < 1.29 is 22.5 Å². The summed E-state index contributed by atoms with van der Waals surface area (Å²) in [5, 5.41) is 0. The van der Waals surface area contributed by atoms with Crippen LogP contribution in [0.2, 0.25) is 0 Å². The zero-order valence-electron chi connectivity index (χ0n) is 1.66. The number of hydrogen-bond donors (Lipinski definition) is 0. The van der Waals surface area contributed by atoms with Crippen LogP contribution in [0.1, 0.15) is 0 Å². The second kappa shape index (κ2) is 20.8. The quantitative estimate of drug-likeness (QED) is 0.461. The molecule has 0 aromatic rings. The Morgan fingerprint density at radius 1 is 1.00 bits per heavy atom. The van der Waals surface area contributed by atoms with Gasteiger partial charge in [0.1, 0.15) is 0 Å². The van der Waals surface area contributed by atoms with Crippen LogP contribution >= 0.6 is 0 Å². The van der Waals surface area contributed by atoms with Gasteiger partial charge in [0.25, 0.3) is 0 Å². The monoisotopic (exact) mass is 370 g/mol.